The number of carbonyl (C=O) groups excluding carboxylic acids is 1. The molecule has 1 saturated heterocycles. The monoisotopic (exact) mass is 441 g/mol. The molecule has 0 radical (unpaired) electrons. The molecule has 0 spiro atoms. The molecule has 168 valence electrons. The summed E-state index contributed by atoms with van der Waals surface area (Å²) in [5.41, 5.74) is 4.06. The minimum absolute atomic E-state index is 0.0176. The highest BCUT2D eigenvalue weighted by Crippen LogP contribution is 2.28. The van der Waals surface area contributed by atoms with E-state index in [2.05, 4.69) is 33.4 Å². The zero-order valence-corrected chi connectivity index (χ0v) is 18.6. The zero-order valence-electron chi connectivity index (χ0n) is 18.6. The summed E-state index contributed by atoms with van der Waals surface area (Å²) in [5.74, 6) is 1.87. The van der Waals surface area contributed by atoms with Gasteiger partial charge >= 0.3 is 0 Å². The second-order valence-corrected chi connectivity index (χ2v) is 8.30. The Morgan fingerprint density at radius 3 is 2.58 bits per heavy atom. The van der Waals surface area contributed by atoms with Crippen molar-refractivity contribution < 1.29 is 9.53 Å². The Hall–Kier alpha value is -3.87. The number of hydrogen-bond acceptors (Lipinski definition) is 5. The summed E-state index contributed by atoms with van der Waals surface area (Å²) in [4.78, 5) is 19.6. The first-order valence-corrected chi connectivity index (χ1v) is 11.3. The summed E-state index contributed by atoms with van der Waals surface area (Å²) >= 11 is 0. The number of anilines is 1. The molecule has 7 nitrogen and oxygen atoms in total. The van der Waals surface area contributed by atoms with E-state index in [4.69, 9.17) is 9.84 Å². The van der Waals surface area contributed by atoms with Gasteiger partial charge < -0.3 is 15.0 Å². The maximum atomic E-state index is 12.7. The average molecular weight is 442 g/mol. The van der Waals surface area contributed by atoms with E-state index >= 15 is 0 Å². The molecule has 1 aliphatic rings. The van der Waals surface area contributed by atoms with Gasteiger partial charge in [0.1, 0.15) is 11.3 Å². The molecule has 2 aromatic carbocycles. The van der Waals surface area contributed by atoms with E-state index in [1.54, 1.807) is 13.3 Å². The van der Waals surface area contributed by atoms with Gasteiger partial charge in [0.05, 0.1) is 12.8 Å². The summed E-state index contributed by atoms with van der Waals surface area (Å²) in [6.07, 6.45) is 5.27. The number of rotatable bonds is 6. The Kier molecular flexibility index (Phi) is 5.93. The van der Waals surface area contributed by atoms with Crippen LogP contribution in [0.15, 0.2) is 73.1 Å². The van der Waals surface area contributed by atoms with Gasteiger partial charge in [-0.25, -0.2) is 9.50 Å². The number of nitrogens with zero attached hydrogens (tertiary/aromatic N) is 4. The number of nitrogens with one attached hydrogen (secondary N) is 1. The second-order valence-electron chi connectivity index (χ2n) is 8.30. The van der Waals surface area contributed by atoms with Gasteiger partial charge in [-0.15, -0.1) is 0 Å². The van der Waals surface area contributed by atoms with E-state index in [0.717, 1.165) is 59.8 Å². The predicted molar refractivity (Wildman–Crippen MR) is 128 cm³/mol. The number of fused-ring (bicyclic) bond motifs is 1. The van der Waals surface area contributed by atoms with Gasteiger partial charge in [0.25, 0.3) is 0 Å². The van der Waals surface area contributed by atoms with Crippen molar-refractivity contribution in [3.8, 4) is 17.0 Å². The number of piperidine rings is 1. The van der Waals surface area contributed by atoms with E-state index < -0.39 is 0 Å². The number of benzene rings is 2. The Bertz CT molecular complexity index is 1230. The topological polar surface area (TPSA) is 71.8 Å². The number of aromatic nitrogens is 3. The van der Waals surface area contributed by atoms with Crippen molar-refractivity contribution in [1.82, 2.24) is 19.9 Å². The molecule has 1 aliphatic heterocycles. The normalized spacial score (nSPS) is 14.4. The third-order valence-corrected chi connectivity index (χ3v) is 6.23. The molecule has 1 fully saturated rings. The summed E-state index contributed by atoms with van der Waals surface area (Å²) in [6.45, 7) is 2.11. The number of amides is 1. The highest BCUT2D eigenvalue weighted by Gasteiger charge is 2.26. The fourth-order valence-corrected chi connectivity index (χ4v) is 4.33. The largest absolute Gasteiger partial charge is 0.497 e. The summed E-state index contributed by atoms with van der Waals surface area (Å²) in [7, 11) is 1.65. The van der Waals surface area contributed by atoms with Gasteiger partial charge in [-0.2, -0.15) is 5.10 Å². The van der Waals surface area contributed by atoms with E-state index in [0.29, 0.717) is 6.54 Å². The fraction of sp³-hybridized carbons (Fsp3) is 0.269. The molecule has 2 aromatic heterocycles. The molecule has 0 atom stereocenters. The zero-order chi connectivity index (χ0) is 22.6. The third-order valence-electron chi connectivity index (χ3n) is 6.23. The number of carbonyl (C=O) groups is 1. The fourth-order valence-electron chi connectivity index (χ4n) is 4.33. The van der Waals surface area contributed by atoms with E-state index in [9.17, 15) is 4.79 Å². The van der Waals surface area contributed by atoms with Crippen molar-refractivity contribution in [1.29, 1.82) is 0 Å². The van der Waals surface area contributed by atoms with Crippen LogP contribution in [0.3, 0.4) is 0 Å². The van der Waals surface area contributed by atoms with Crippen molar-refractivity contribution in [2.24, 2.45) is 5.92 Å². The van der Waals surface area contributed by atoms with Crippen molar-refractivity contribution in [2.75, 3.05) is 25.1 Å². The lowest BCUT2D eigenvalue weighted by Gasteiger charge is -2.32. The van der Waals surface area contributed by atoms with Crippen LogP contribution in [-0.2, 0) is 11.3 Å². The van der Waals surface area contributed by atoms with Gasteiger partial charge in [-0.1, -0.05) is 42.5 Å². The summed E-state index contributed by atoms with van der Waals surface area (Å²) in [6, 6.07) is 20.0. The Balaban J connectivity index is 1.22. The van der Waals surface area contributed by atoms with Crippen LogP contribution in [0.1, 0.15) is 18.4 Å². The quantitative estimate of drug-likeness (QED) is 0.491. The van der Waals surface area contributed by atoms with Crippen LogP contribution in [0.5, 0.6) is 5.75 Å². The molecule has 0 bridgehead atoms. The lowest BCUT2D eigenvalue weighted by atomic mass is 9.95. The van der Waals surface area contributed by atoms with Gasteiger partial charge in [0.15, 0.2) is 5.82 Å². The summed E-state index contributed by atoms with van der Waals surface area (Å²) < 4.78 is 7.07. The lowest BCUT2D eigenvalue weighted by molar-refractivity contribution is -0.125. The van der Waals surface area contributed by atoms with Gasteiger partial charge in [0.2, 0.25) is 5.91 Å². The molecular formula is C26H27N5O2. The van der Waals surface area contributed by atoms with E-state index in [-0.39, 0.29) is 11.8 Å². The number of ether oxygens (including phenoxy) is 1. The molecule has 7 heteroatoms. The molecular weight excluding hydrogens is 414 g/mol. The highest BCUT2D eigenvalue weighted by atomic mass is 16.5. The van der Waals surface area contributed by atoms with Crippen LogP contribution < -0.4 is 15.0 Å². The Morgan fingerprint density at radius 2 is 1.85 bits per heavy atom. The van der Waals surface area contributed by atoms with Crippen molar-refractivity contribution in [2.45, 2.75) is 19.4 Å². The standard InChI is InChI=1S/C26H27N5O2/c1-33-22-9-7-19(8-10-22)18-28-26(32)21-11-14-30(15-12-21)25-24-17-23(20-5-3-2-4-6-20)29-31(24)16-13-27-25/h2-10,13,16-17,21H,11-12,14-15,18H2,1H3,(H,28,32). The molecule has 5 rings (SSSR count). The van der Waals surface area contributed by atoms with Crippen LogP contribution in [-0.4, -0.2) is 40.7 Å². The predicted octanol–water partition coefficient (Wildman–Crippen LogP) is 3.94. The van der Waals surface area contributed by atoms with Crippen LogP contribution in [0.4, 0.5) is 5.82 Å². The van der Waals surface area contributed by atoms with E-state index in [1.165, 1.54) is 0 Å². The van der Waals surface area contributed by atoms with Crippen molar-refractivity contribution in [3.63, 3.8) is 0 Å². The van der Waals surface area contributed by atoms with Crippen LogP contribution >= 0.6 is 0 Å². The molecule has 0 aliphatic carbocycles. The SMILES string of the molecule is COc1ccc(CNC(=O)C2CCN(c3nccn4nc(-c5ccccc5)cc34)CC2)cc1. The number of hydrogen-bond donors (Lipinski definition) is 1. The smallest absolute Gasteiger partial charge is 0.223 e. The highest BCUT2D eigenvalue weighted by molar-refractivity contribution is 5.79. The molecule has 4 aromatic rings. The van der Waals surface area contributed by atoms with Crippen molar-refractivity contribution >= 4 is 17.2 Å². The Labute approximate surface area is 193 Å². The van der Waals surface area contributed by atoms with Gasteiger partial charge in [0, 0.05) is 43.5 Å². The third kappa shape index (κ3) is 4.53. The average Bonchev–Trinajstić information content (AvgIpc) is 3.33. The first-order valence-electron chi connectivity index (χ1n) is 11.3. The molecule has 0 unspecified atom stereocenters. The molecule has 33 heavy (non-hydrogen) atoms. The molecule has 1 N–H and O–H groups in total. The number of methoxy groups -OCH3 is 1. The minimum Gasteiger partial charge on any atom is -0.497 e. The van der Waals surface area contributed by atoms with Crippen molar-refractivity contribution in [3.05, 3.63) is 78.6 Å². The molecule has 0 saturated carbocycles. The minimum atomic E-state index is 0.0176. The van der Waals surface area contributed by atoms with Gasteiger partial charge in [-0.05, 0) is 36.6 Å². The van der Waals surface area contributed by atoms with Crippen LogP contribution in [0.2, 0.25) is 0 Å². The van der Waals surface area contributed by atoms with Crippen LogP contribution in [0.25, 0.3) is 16.8 Å². The van der Waals surface area contributed by atoms with E-state index in [1.807, 2.05) is 53.2 Å². The molecule has 1 amide bonds. The second kappa shape index (κ2) is 9.32. The Morgan fingerprint density at radius 1 is 1.09 bits per heavy atom. The van der Waals surface area contributed by atoms with Gasteiger partial charge in [-0.3, -0.25) is 4.79 Å². The van der Waals surface area contributed by atoms with Crippen LogP contribution in [0, 0.1) is 5.92 Å². The first-order chi connectivity index (χ1) is 16.2. The molecule has 3 heterocycles. The lowest BCUT2D eigenvalue weighted by Crippen LogP contribution is -2.40. The maximum absolute atomic E-state index is 12.7. The maximum Gasteiger partial charge on any atom is 0.223 e. The summed E-state index contributed by atoms with van der Waals surface area (Å²) in [5, 5.41) is 7.81. The first kappa shape index (κ1) is 21.0.